The second-order valence-corrected chi connectivity index (χ2v) is 7.62. The predicted octanol–water partition coefficient (Wildman–Crippen LogP) is 2.14. The lowest BCUT2D eigenvalue weighted by atomic mass is 10.1. The Labute approximate surface area is 179 Å². The summed E-state index contributed by atoms with van der Waals surface area (Å²) in [5.41, 5.74) is 2.48. The van der Waals surface area contributed by atoms with Crippen molar-refractivity contribution in [2.45, 2.75) is 19.9 Å². The number of benzene rings is 1. The molecule has 7 heteroatoms. The minimum Gasteiger partial charge on any atom is -0.356 e. The molecular formula is C23H32N6O. The molecule has 1 aromatic carbocycles. The van der Waals surface area contributed by atoms with Gasteiger partial charge < -0.3 is 20.0 Å². The summed E-state index contributed by atoms with van der Waals surface area (Å²) < 4.78 is 0. The summed E-state index contributed by atoms with van der Waals surface area (Å²) in [6.45, 7) is 6.53. The van der Waals surface area contributed by atoms with Crippen LogP contribution in [0.2, 0.25) is 0 Å². The van der Waals surface area contributed by atoms with Crippen LogP contribution in [0.1, 0.15) is 17.5 Å². The molecule has 1 saturated heterocycles. The van der Waals surface area contributed by atoms with Gasteiger partial charge in [0.15, 0.2) is 5.96 Å². The average molecular weight is 409 g/mol. The van der Waals surface area contributed by atoms with Gasteiger partial charge in [0.1, 0.15) is 5.82 Å². The third kappa shape index (κ3) is 5.95. The van der Waals surface area contributed by atoms with Crippen molar-refractivity contribution in [2.75, 3.05) is 51.7 Å². The average Bonchev–Trinajstić information content (AvgIpc) is 2.78. The molecule has 0 bridgehead atoms. The second kappa shape index (κ2) is 10.6. The summed E-state index contributed by atoms with van der Waals surface area (Å²) in [5, 5.41) is 3.31. The van der Waals surface area contributed by atoms with E-state index in [0.717, 1.165) is 44.5 Å². The van der Waals surface area contributed by atoms with E-state index >= 15 is 0 Å². The third-order valence-corrected chi connectivity index (χ3v) is 5.34. The first-order valence-corrected chi connectivity index (χ1v) is 10.5. The maximum Gasteiger partial charge on any atom is 0.224 e. The smallest absolute Gasteiger partial charge is 0.224 e. The molecule has 1 amide bonds. The number of aromatic nitrogens is 1. The van der Waals surface area contributed by atoms with Gasteiger partial charge in [0, 0.05) is 66.0 Å². The first-order valence-electron chi connectivity index (χ1n) is 10.5. The first-order chi connectivity index (χ1) is 14.6. The number of carbonyl (C=O) groups is 1. The largest absolute Gasteiger partial charge is 0.356 e. The van der Waals surface area contributed by atoms with Gasteiger partial charge in [0.05, 0.1) is 0 Å². The number of hydrogen-bond donors (Lipinski definition) is 1. The Morgan fingerprint density at radius 2 is 1.87 bits per heavy atom. The zero-order chi connectivity index (χ0) is 21.3. The van der Waals surface area contributed by atoms with Crippen LogP contribution >= 0.6 is 0 Å². The van der Waals surface area contributed by atoms with Crippen LogP contribution in [0, 0.1) is 6.92 Å². The lowest BCUT2D eigenvalue weighted by Gasteiger charge is -2.35. The number of aliphatic imine (C=N–C) groups is 1. The van der Waals surface area contributed by atoms with E-state index in [1.807, 2.05) is 30.1 Å². The zero-order valence-electron chi connectivity index (χ0n) is 18.2. The van der Waals surface area contributed by atoms with E-state index in [1.165, 1.54) is 11.1 Å². The van der Waals surface area contributed by atoms with Crippen molar-refractivity contribution in [1.29, 1.82) is 0 Å². The van der Waals surface area contributed by atoms with Gasteiger partial charge >= 0.3 is 0 Å². The fourth-order valence-corrected chi connectivity index (χ4v) is 3.59. The number of anilines is 1. The van der Waals surface area contributed by atoms with Crippen molar-refractivity contribution < 1.29 is 4.79 Å². The summed E-state index contributed by atoms with van der Waals surface area (Å²) in [7, 11) is 3.78. The van der Waals surface area contributed by atoms with E-state index in [9.17, 15) is 4.79 Å². The van der Waals surface area contributed by atoms with E-state index in [2.05, 4.69) is 56.3 Å². The molecule has 1 aliphatic heterocycles. The van der Waals surface area contributed by atoms with Gasteiger partial charge in [-0.3, -0.25) is 9.79 Å². The lowest BCUT2D eigenvalue weighted by Crippen LogP contribution is -2.49. The highest BCUT2D eigenvalue weighted by atomic mass is 16.2. The molecule has 160 valence electrons. The minimum atomic E-state index is 0.180. The van der Waals surface area contributed by atoms with E-state index in [-0.39, 0.29) is 5.91 Å². The van der Waals surface area contributed by atoms with Crippen LogP contribution in [0.4, 0.5) is 5.82 Å². The molecule has 0 aliphatic carbocycles. The maximum absolute atomic E-state index is 12.6. The summed E-state index contributed by atoms with van der Waals surface area (Å²) in [6.07, 6.45) is 2.27. The molecule has 7 nitrogen and oxygen atoms in total. The molecule has 1 aliphatic rings. The molecule has 3 rings (SSSR count). The molecule has 0 saturated carbocycles. The predicted molar refractivity (Wildman–Crippen MR) is 122 cm³/mol. The summed E-state index contributed by atoms with van der Waals surface area (Å²) in [6, 6.07) is 14.4. The molecule has 1 N–H and O–H groups in total. The summed E-state index contributed by atoms with van der Waals surface area (Å²) in [5.74, 6) is 1.95. The molecular weight excluding hydrogens is 376 g/mol. The maximum atomic E-state index is 12.6. The number of pyridine rings is 1. The molecule has 1 fully saturated rings. The van der Waals surface area contributed by atoms with Crippen LogP contribution in [-0.2, 0) is 11.3 Å². The molecule has 1 aromatic heterocycles. The second-order valence-electron chi connectivity index (χ2n) is 7.62. The number of carbonyl (C=O) groups excluding carboxylic acids is 1. The number of amides is 1. The van der Waals surface area contributed by atoms with Crippen LogP contribution in [-0.4, -0.2) is 73.5 Å². The van der Waals surface area contributed by atoms with E-state index < -0.39 is 0 Å². The van der Waals surface area contributed by atoms with Crippen LogP contribution in [0.15, 0.2) is 53.7 Å². The number of aryl methyl sites for hydroxylation is 1. The summed E-state index contributed by atoms with van der Waals surface area (Å²) in [4.78, 5) is 27.6. The van der Waals surface area contributed by atoms with E-state index in [4.69, 9.17) is 0 Å². The van der Waals surface area contributed by atoms with Gasteiger partial charge in [0.2, 0.25) is 5.91 Å². The van der Waals surface area contributed by atoms with Gasteiger partial charge in [-0.1, -0.05) is 35.9 Å². The van der Waals surface area contributed by atoms with E-state index in [0.29, 0.717) is 13.0 Å². The number of nitrogens with zero attached hydrogens (tertiary/aromatic N) is 5. The number of guanidine groups is 1. The highest BCUT2D eigenvalue weighted by Gasteiger charge is 2.21. The monoisotopic (exact) mass is 408 g/mol. The molecule has 0 spiro atoms. The van der Waals surface area contributed by atoms with Crippen LogP contribution in [0.3, 0.4) is 0 Å². The van der Waals surface area contributed by atoms with Crippen molar-refractivity contribution in [3.05, 3.63) is 59.8 Å². The van der Waals surface area contributed by atoms with Gasteiger partial charge in [0.25, 0.3) is 0 Å². The molecule has 0 atom stereocenters. The highest BCUT2D eigenvalue weighted by molar-refractivity contribution is 5.81. The fourth-order valence-electron chi connectivity index (χ4n) is 3.59. The Balaban J connectivity index is 1.40. The number of hydrogen-bond acceptors (Lipinski definition) is 4. The summed E-state index contributed by atoms with van der Waals surface area (Å²) >= 11 is 0. The topological polar surface area (TPSA) is 64.1 Å². The van der Waals surface area contributed by atoms with Crippen molar-refractivity contribution in [3.8, 4) is 0 Å². The van der Waals surface area contributed by atoms with Crippen LogP contribution in [0.5, 0.6) is 0 Å². The minimum absolute atomic E-state index is 0.180. The molecule has 0 radical (unpaired) electrons. The van der Waals surface area contributed by atoms with Crippen molar-refractivity contribution in [2.24, 2.45) is 4.99 Å². The first kappa shape index (κ1) is 21.6. The molecule has 2 aromatic rings. The van der Waals surface area contributed by atoms with Crippen LogP contribution < -0.4 is 10.2 Å². The Morgan fingerprint density at radius 3 is 2.50 bits per heavy atom. The number of rotatable bonds is 6. The molecule has 30 heavy (non-hydrogen) atoms. The fraction of sp³-hybridized carbons (Fsp3) is 0.435. The van der Waals surface area contributed by atoms with Gasteiger partial charge in [-0.25, -0.2) is 4.98 Å². The normalized spacial score (nSPS) is 14.6. The quantitative estimate of drug-likeness (QED) is 0.586. The Hall–Kier alpha value is -3.09. The lowest BCUT2D eigenvalue weighted by molar-refractivity contribution is -0.131. The number of nitrogens with one attached hydrogen (secondary N) is 1. The number of piperazine rings is 1. The van der Waals surface area contributed by atoms with Gasteiger partial charge in [-0.15, -0.1) is 0 Å². The Kier molecular flexibility index (Phi) is 7.65. The van der Waals surface area contributed by atoms with Gasteiger partial charge in [-0.2, -0.15) is 0 Å². The van der Waals surface area contributed by atoms with E-state index in [1.54, 1.807) is 13.2 Å². The zero-order valence-corrected chi connectivity index (χ0v) is 18.2. The standard InChI is InChI=1S/C23H32N6O/c1-19-7-9-20(10-8-19)18-27(3)23(24-2)26-13-11-22(30)29-16-14-28(15-17-29)21-6-4-5-12-25-21/h4-10,12H,11,13-18H2,1-3H3,(H,24,26). The van der Waals surface area contributed by atoms with Crippen molar-refractivity contribution in [1.82, 2.24) is 20.1 Å². The SMILES string of the molecule is CN=C(NCCC(=O)N1CCN(c2ccccn2)CC1)N(C)Cc1ccc(C)cc1. The molecule has 2 heterocycles. The Morgan fingerprint density at radius 1 is 1.13 bits per heavy atom. The third-order valence-electron chi connectivity index (χ3n) is 5.34. The van der Waals surface area contributed by atoms with Gasteiger partial charge in [-0.05, 0) is 24.6 Å². The van der Waals surface area contributed by atoms with Crippen LogP contribution in [0.25, 0.3) is 0 Å². The molecule has 0 unspecified atom stereocenters. The van der Waals surface area contributed by atoms with Crippen molar-refractivity contribution in [3.63, 3.8) is 0 Å². The van der Waals surface area contributed by atoms with Crippen molar-refractivity contribution >= 4 is 17.7 Å². The Bertz CT molecular complexity index is 829. The highest BCUT2D eigenvalue weighted by Crippen LogP contribution is 2.13.